The molecule has 0 radical (unpaired) electrons. The number of hydrogen-bond acceptors (Lipinski definition) is 5. The van der Waals surface area contributed by atoms with Gasteiger partial charge in [-0.3, -0.25) is 14.6 Å². The molecule has 7 heteroatoms. The van der Waals surface area contributed by atoms with Crippen LogP contribution in [-0.4, -0.2) is 57.3 Å². The normalized spacial score (nSPS) is 16.6. The van der Waals surface area contributed by atoms with Crippen molar-refractivity contribution in [1.82, 2.24) is 19.8 Å². The summed E-state index contributed by atoms with van der Waals surface area (Å²) in [4.78, 5) is 39.7. The van der Waals surface area contributed by atoms with Gasteiger partial charge in [0.1, 0.15) is 11.7 Å². The summed E-state index contributed by atoms with van der Waals surface area (Å²) in [6, 6.07) is 11.8. The van der Waals surface area contributed by atoms with Crippen LogP contribution in [0.1, 0.15) is 35.1 Å². The van der Waals surface area contributed by atoms with Crippen LogP contribution in [0.5, 0.6) is 0 Å². The van der Waals surface area contributed by atoms with E-state index in [1.54, 1.807) is 22.4 Å². The van der Waals surface area contributed by atoms with Gasteiger partial charge in [0.15, 0.2) is 0 Å². The van der Waals surface area contributed by atoms with E-state index in [2.05, 4.69) is 40.5 Å². The summed E-state index contributed by atoms with van der Waals surface area (Å²) in [6.45, 7) is 5.64. The summed E-state index contributed by atoms with van der Waals surface area (Å²) in [6.07, 6.45) is 4.45. The van der Waals surface area contributed by atoms with Crippen LogP contribution in [0.2, 0.25) is 0 Å². The van der Waals surface area contributed by atoms with Gasteiger partial charge < -0.3 is 9.80 Å². The Kier molecular flexibility index (Phi) is 6.42. The Balaban J connectivity index is 1.62. The molecule has 1 aliphatic rings. The van der Waals surface area contributed by atoms with Crippen LogP contribution < -0.4 is 0 Å². The molecule has 1 aliphatic heterocycles. The number of carbonyl (C=O) groups is 2. The average molecular weight is 435 g/mol. The quantitative estimate of drug-likeness (QED) is 0.592. The average Bonchev–Trinajstić information content (AvgIpc) is 3.32. The first-order chi connectivity index (χ1) is 15.1. The van der Waals surface area contributed by atoms with Gasteiger partial charge in [0.25, 0.3) is 5.91 Å². The fourth-order valence-corrected chi connectivity index (χ4v) is 4.66. The van der Waals surface area contributed by atoms with Crippen molar-refractivity contribution in [3.05, 3.63) is 71.1 Å². The van der Waals surface area contributed by atoms with E-state index in [-0.39, 0.29) is 17.5 Å². The summed E-state index contributed by atoms with van der Waals surface area (Å²) in [5, 5.41) is 2.05. The first kappa shape index (κ1) is 21.2. The lowest BCUT2D eigenvalue weighted by atomic mass is 9.98. The first-order valence-electron chi connectivity index (χ1n) is 10.6. The highest BCUT2D eigenvalue weighted by molar-refractivity contribution is 7.13. The topological polar surface area (TPSA) is 66.4 Å². The fourth-order valence-electron chi connectivity index (χ4n) is 3.94. The molecule has 6 nitrogen and oxygen atoms in total. The van der Waals surface area contributed by atoms with Crippen molar-refractivity contribution in [2.24, 2.45) is 0 Å². The molecule has 1 atom stereocenters. The molecule has 160 valence electrons. The van der Waals surface area contributed by atoms with Gasteiger partial charge in [-0.1, -0.05) is 37.3 Å². The predicted octanol–water partition coefficient (Wildman–Crippen LogP) is 3.82. The molecular weight excluding hydrogens is 408 g/mol. The van der Waals surface area contributed by atoms with Crippen LogP contribution in [0.3, 0.4) is 0 Å². The third-order valence-electron chi connectivity index (χ3n) is 5.50. The van der Waals surface area contributed by atoms with Crippen LogP contribution in [-0.2, 0) is 11.2 Å². The molecule has 0 aliphatic carbocycles. The zero-order chi connectivity index (χ0) is 21.8. The molecule has 1 saturated heterocycles. The minimum atomic E-state index is -0.547. The summed E-state index contributed by atoms with van der Waals surface area (Å²) >= 11 is 1.69. The van der Waals surface area contributed by atoms with Gasteiger partial charge in [-0.05, 0) is 35.9 Å². The summed E-state index contributed by atoms with van der Waals surface area (Å²) in [5.41, 5.74) is 3.20. The number of benzene rings is 1. The van der Waals surface area contributed by atoms with E-state index >= 15 is 0 Å². The fraction of sp³-hybridized carbons (Fsp3) is 0.333. The van der Waals surface area contributed by atoms with E-state index < -0.39 is 6.04 Å². The van der Waals surface area contributed by atoms with Gasteiger partial charge in [0, 0.05) is 37.1 Å². The van der Waals surface area contributed by atoms with Crippen molar-refractivity contribution in [3.63, 3.8) is 0 Å². The largest absolute Gasteiger partial charge is 0.339 e. The van der Waals surface area contributed by atoms with Crippen LogP contribution >= 0.6 is 11.3 Å². The predicted molar refractivity (Wildman–Crippen MR) is 122 cm³/mol. The summed E-state index contributed by atoms with van der Waals surface area (Å²) in [7, 11) is 0. The maximum absolute atomic E-state index is 13.3. The second-order valence-corrected chi connectivity index (χ2v) is 8.71. The van der Waals surface area contributed by atoms with Gasteiger partial charge in [0.2, 0.25) is 5.91 Å². The highest BCUT2D eigenvalue weighted by Crippen LogP contribution is 2.27. The summed E-state index contributed by atoms with van der Waals surface area (Å²) in [5.74, 6) is -0.237. The van der Waals surface area contributed by atoms with Gasteiger partial charge in [0.05, 0.1) is 11.9 Å². The monoisotopic (exact) mass is 434 g/mol. The zero-order valence-electron chi connectivity index (χ0n) is 17.8. The highest BCUT2D eigenvalue weighted by atomic mass is 32.1. The lowest BCUT2D eigenvalue weighted by Gasteiger charge is -2.40. The number of rotatable bonds is 6. The van der Waals surface area contributed by atoms with Crippen LogP contribution in [0.4, 0.5) is 0 Å². The van der Waals surface area contributed by atoms with Crippen molar-refractivity contribution in [2.45, 2.75) is 32.7 Å². The van der Waals surface area contributed by atoms with Gasteiger partial charge >= 0.3 is 0 Å². The number of hydrogen-bond donors (Lipinski definition) is 0. The van der Waals surface area contributed by atoms with E-state index in [9.17, 15) is 9.59 Å². The van der Waals surface area contributed by atoms with E-state index in [1.165, 1.54) is 11.1 Å². The van der Waals surface area contributed by atoms with Gasteiger partial charge in [-0.2, -0.15) is 0 Å². The lowest BCUT2D eigenvalue weighted by Crippen LogP contribution is -2.59. The third kappa shape index (κ3) is 4.66. The maximum Gasteiger partial charge on any atom is 0.274 e. The summed E-state index contributed by atoms with van der Waals surface area (Å²) < 4.78 is 0. The minimum Gasteiger partial charge on any atom is -0.339 e. The van der Waals surface area contributed by atoms with E-state index in [1.807, 2.05) is 30.0 Å². The first-order valence-corrected chi connectivity index (χ1v) is 11.5. The molecule has 1 fully saturated rings. The number of aryl methyl sites for hydroxylation is 1. The lowest BCUT2D eigenvalue weighted by molar-refractivity contribution is -0.140. The molecular formula is C24H26N4O2S. The molecule has 2 aromatic heterocycles. The number of nitrogens with zero attached hydrogens (tertiary/aromatic N) is 4. The van der Waals surface area contributed by atoms with Crippen molar-refractivity contribution >= 4 is 23.2 Å². The maximum atomic E-state index is 13.3. The molecule has 0 spiro atoms. The Morgan fingerprint density at radius 3 is 2.74 bits per heavy atom. The van der Waals surface area contributed by atoms with E-state index in [0.29, 0.717) is 26.1 Å². The number of piperazine rings is 1. The molecule has 31 heavy (non-hydrogen) atoms. The molecule has 0 saturated carbocycles. The smallest absolute Gasteiger partial charge is 0.274 e. The van der Waals surface area contributed by atoms with Crippen molar-refractivity contribution in [1.29, 1.82) is 0 Å². The number of carbonyl (C=O) groups excluding carboxylic acids is 2. The number of amides is 2. The van der Waals surface area contributed by atoms with Crippen LogP contribution in [0, 0.1) is 6.92 Å². The third-order valence-corrected chi connectivity index (χ3v) is 6.42. The Bertz CT molecular complexity index is 1050. The molecule has 3 aromatic rings. The number of aromatic nitrogens is 2. The molecule has 0 unspecified atom stereocenters. The van der Waals surface area contributed by atoms with Gasteiger partial charge in [-0.25, -0.2) is 4.98 Å². The Morgan fingerprint density at radius 2 is 2.03 bits per heavy atom. The Hall–Kier alpha value is -3.06. The highest BCUT2D eigenvalue weighted by Gasteiger charge is 2.38. The second-order valence-electron chi connectivity index (χ2n) is 7.76. The second kappa shape index (κ2) is 9.39. The Labute approximate surface area is 186 Å². The molecule has 2 amide bonds. The SMILES string of the molecule is CCCN1CCN(C(=O)c2cnc(C)cn2)[C@H](Cc2cccc(-c3cccs3)c2)C1=O. The molecule has 4 rings (SSSR count). The van der Waals surface area contributed by atoms with Crippen molar-refractivity contribution < 1.29 is 9.59 Å². The molecule has 3 heterocycles. The number of thiophene rings is 1. The molecule has 0 N–H and O–H groups in total. The standard InChI is InChI=1S/C24H26N4O2S/c1-3-9-27-10-11-28(23(29)20-16-25-17(2)15-26-20)21(24(27)30)14-18-6-4-7-19(13-18)22-8-5-12-31-22/h4-8,12-13,15-16,21H,3,9-11,14H2,1-2H3/t21-/m1/s1. The Morgan fingerprint density at radius 1 is 1.16 bits per heavy atom. The zero-order valence-corrected chi connectivity index (χ0v) is 18.6. The van der Waals surface area contributed by atoms with Crippen LogP contribution in [0.25, 0.3) is 10.4 Å². The van der Waals surface area contributed by atoms with Crippen molar-refractivity contribution in [3.8, 4) is 10.4 Å². The molecule has 0 bridgehead atoms. The van der Waals surface area contributed by atoms with Crippen LogP contribution in [0.15, 0.2) is 54.2 Å². The van der Waals surface area contributed by atoms with Crippen molar-refractivity contribution in [2.75, 3.05) is 19.6 Å². The van der Waals surface area contributed by atoms with Gasteiger partial charge in [-0.15, -0.1) is 11.3 Å². The molecule has 1 aromatic carbocycles. The minimum absolute atomic E-state index is 0.00282. The van der Waals surface area contributed by atoms with E-state index in [4.69, 9.17) is 0 Å². The van der Waals surface area contributed by atoms with E-state index in [0.717, 1.165) is 23.2 Å².